The van der Waals surface area contributed by atoms with E-state index >= 15 is 0 Å². The van der Waals surface area contributed by atoms with Gasteiger partial charge >= 0.3 is 0 Å². The molecule has 1 heterocycles. The van der Waals surface area contributed by atoms with E-state index in [0.717, 1.165) is 30.4 Å². The normalized spacial score (nSPS) is 41.7. The SMILES string of the molecule is CN1C(=O)C(Oc2ccc(NC=O)cc2)C[C@]2(C)[C@H]3CC[C@]4(C)CCC[C@H]4[C@@H]3CC[C@@H]12. The summed E-state index contributed by atoms with van der Waals surface area (Å²) in [6.45, 7) is 4.99. The molecule has 1 aromatic carbocycles. The van der Waals surface area contributed by atoms with Gasteiger partial charge in [0.05, 0.1) is 0 Å². The van der Waals surface area contributed by atoms with Crippen molar-refractivity contribution < 1.29 is 14.3 Å². The molecular weight excluding hydrogens is 388 g/mol. The standard InChI is InChI=1S/C26H36N2O3/c1-25-13-4-5-20(25)19-10-11-23-26(2,21(19)12-14-25)15-22(24(30)28(23)3)31-18-8-6-17(7-9-18)27-16-29/h6-9,16,19-23H,4-5,10-15H2,1-3H3,(H,27,29)/t19-,20-,21-,22?,23+,25-,26+/m0/s1. The van der Waals surface area contributed by atoms with Gasteiger partial charge in [0.15, 0.2) is 6.10 Å². The van der Waals surface area contributed by atoms with E-state index in [2.05, 4.69) is 19.2 Å². The molecule has 4 fully saturated rings. The van der Waals surface area contributed by atoms with Crippen LogP contribution in [-0.4, -0.2) is 36.4 Å². The van der Waals surface area contributed by atoms with Crippen LogP contribution in [0.15, 0.2) is 24.3 Å². The van der Waals surface area contributed by atoms with Gasteiger partial charge < -0.3 is 15.0 Å². The van der Waals surface area contributed by atoms with Crippen LogP contribution >= 0.6 is 0 Å². The fourth-order valence-electron chi connectivity index (χ4n) is 8.17. The number of nitrogens with one attached hydrogen (secondary N) is 1. The molecule has 168 valence electrons. The molecule has 5 nitrogen and oxygen atoms in total. The molecule has 2 amide bonds. The number of amides is 2. The minimum absolute atomic E-state index is 0.109. The Bertz CT molecular complexity index is 855. The number of anilines is 1. The van der Waals surface area contributed by atoms with Gasteiger partial charge in [0.25, 0.3) is 5.91 Å². The average molecular weight is 425 g/mol. The third-order valence-corrected chi connectivity index (χ3v) is 9.67. The summed E-state index contributed by atoms with van der Waals surface area (Å²) >= 11 is 0. The molecule has 3 aliphatic carbocycles. The highest BCUT2D eigenvalue weighted by Crippen LogP contribution is 2.64. The number of carbonyl (C=O) groups is 2. The first-order valence-electron chi connectivity index (χ1n) is 12.1. The van der Waals surface area contributed by atoms with Crippen LogP contribution in [-0.2, 0) is 9.59 Å². The molecule has 1 N–H and O–H groups in total. The summed E-state index contributed by atoms with van der Waals surface area (Å²) in [5, 5.41) is 2.64. The Morgan fingerprint density at radius 3 is 2.58 bits per heavy atom. The predicted octanol–water partition coefficient (Wildman–Crippen LogP) is 4.87. The maximum atomic E-state index is 13.2. The number of likely N-dealkylation sites (tertiary alicyclic amines) is 1. The summed E-state index contributed by atoms with van der Waals surface area (Å²) in [4.78, 5) is 25.9. The van der Waals surface area contributed by atoms with E-state index in [4.69, 9.17) is 4.74 Å². The van der Waals surface area contributed by atoms with Crippen LogP contribution in [0.25, 0.3) is 0 Å². The van der Waals surface area contributed by atoms with Crippen molar-refractivity contribution in [2.24, 2.45) is 28.6 Å². The zero-order valence-corrected chi connectivity index (χ0v) is 19.1. The molecule has 31 heavy (non-hydrogen) atoms. The van der Waals surface area contributed by atoms with Crippen molar-refractivity contribution in [1.29, 1.82) is 0 Å². The zero-order chi connectivity index (χ0) is 21.8. The largest absolute Gasteiger partial charge is 0.481 e. The molecule has 3 saturated carbocycles. The summed E-state index contributed by atoms with van der Waals surface area (Å²) in [5.41, 5.74) is 1.38. The van der Waals surface area contributed by atoms with E-state index < -0.39 is 6.10 Å². The van der Waals surface area contributed by atoms with Gasteiger partial charge in [0.1, 0.15) is 5.75 Å². The Labute approximate surface area is 185 Å². The minimum Gasteiger partial charge on any atom is -0.481 e. The van der Waals surface area contributed by atoms with E-state index in [0.29, 0.717) is 29.5 Å². The van der Waals surface area contributed by atoms with Crippen LogP contribution in [0.1, 0.15) is 65.2 Å². The fraction of sp³-hybridized carbons (Fsp3) is 0.692. The Morgan fingerprint density at radius 1 is 1.06 bits per heavy atom. The second kappa shape index (κ2) is 7.53. The van der Waals surface area contributed by atoms with Crippen LogP contribution in [0, 0.1) is 28.6 Å². The molecule has 7 atom stereocenters. The van der Waals surface area contributed by atoms with Crippen LogP contribution in [0.4, 0.5) is 5.69 Å². The first-order valence-corrected chi connectivity index (χ1v) is 12.1. The highest BCUT2D eigenvalue weighted by Gasteiger charge is 2.60. The molecule has 0 bridgehead atoms. The minimum atomic E-state index is -0.438. The lowest BCUT2D eigenvalue weighted by atomic mass is 9.47. The summed E-state index contributed by atoms with van der Waals surface area (Å²) < 4.78 is 6.26. The number of piperidine rings is 1. The summed E-state index contributed by atoms with van der Waals surface area (Å²) in [7, 11) is 1.99. The number of nitrogens with zero attached hydrogens (tertiary/aromatic N) is 1. The highest BCUT2D eigenvalue weighted by molar-refractivity contribution is 5.82. The van der Waals surface area contributed by atoms with Gasteiger partial charge in [-0.2, -0.15) is 0 Å². The number of rotatable bonds is 4. The van der Waals surface area contributed by atoms with E-state index in [-0.39, 0.29) is 11.3 Å². The molecule has 1 aromatic rings. The van der Waals surface area contributed by atoms with Gasteiger partial charge in [-0.05, 0) is 91.4 Å². The number of fused-ring (bicyclic) bond motifs is 5. The van der Waals surface area contributed by atoms with Crippen molar-refractivity contribution in [3.05, 3.63) is 24.3 Å². The Kier molecular flexibility index (Phi) is 5.06. The lowest BCUT2D eigenvalue weighted by Gasteiger charge is -2.62. The van der Waals surface area contributed by atoms with Crippen molar-refractivity contribution in [2.45, 2.75) is 77.4 Å². The molecular formula is C26H36N2O3. The third kappa shape index (κ3) is 3.27. The summed E-state index contributed by atoms with van der Waals surface area (Å²) in [6.07, 6.45) is 10.3. The smallest absolute Gasteiger partial charge is 0.263 e. The van der Waals surface area contributed by atoms with E-state index in [1.165, 1.54) is 38.5 Å². The van der Waals surface area contributed by atoms with Crippen molar-refractivity contribution >= 4 is 18.0 Å². The number of carbonyl (C=O) groups excluding carboxylic acids is 2. The van der Waals surface area contributed by atoms with Crippen LogP contribution in [0.2, 0.25) is 0 Å². The Morgan fingerprint density at radius 2 is 1.84 bits per heavy atom. The number of likely N-dealkylation sites (N-methyl/N-ethyl adjacent to an activating group) is 1. The van der Waals surface area contributed by atoms with Gasteiger partial charge in [-0.3, -0.25) is 9.59 Å². The molecule has 1 aliphatic heterocycles. The van der Waals surface area contributed by atoms with Crippen LogP contribution in [0.3, 0.4) is 0 Å². The lowest BCUT2D eigenvalue weighted by molar-refractivity contribution is -0.171. The van der Waals surface area contributed by atoms with Crippen molar-refractivity contribution in [1.82, 2.24) is 4.90 Å². The van der Waals surface area contributed by atoms with E-state index in [9.17, 15) is 9.59 Å². The third-order valence-electron chi connectivity index (χ3n) is 9.67. The quantitative estimate of drug-likeness (QED) is 0.702. The average Bonchev–Trinajstić information content (AvgIpc) is 3.15. The highest BCUT2D eigenvalue weighted by atomic mass is 16.5. The molecule has 4 aliphatic rings. The Hall–Kier alpha value is -2.04. The molecule has 0 radical (unpaired) electrons. The monoisotopic (exact) mass is 424 g/mol. The first-order chi connectivity index (χ1) is 14.9. The van der Waals surface area contributed by atoms with Crippen molar-refractivity contribution in [3.63, 3.8) is 0 Å². The van der Waals surface area contributed by atoms with Crippen LogP contribution < -0.4 is 10.1 Å². The lowest BCUT2D eigenvalue weighted by Crippen LogP contribution is -2.65. The summed E-state index contributed by atoms with van der Waals surface area (Å²) in [6, 6.07) is 7.61. The zero-order valence-electron chi connectivity index (χ0n) is 19.1. The van der Waals surface area contributed by atoms with Crippen molar-refractivity contribution in [3.8, 4) is 5.75 Å². The number of hydrogen-bond donors (Lipinski definition) is 1. The molecule has 1 saturated heterocycles. The van der Waals surface area contributed by atoms with Gasteiger partial charge in [0, 0.05) is 25.2 Å². The molecule has 0 spiro atoms. The second-order valence-electron chi connectivity index (χ2n) is 11.1. The number of benzene rings is 1. The topological polar surface area (TPSA) is 58.6 Å². The maximum absolute atomic E-state index is 13.2. The van der Waals surface area contributed by atoms with Crippen LogP contribution in [0.5, 0.6) is 5.75 Å². The second-order valence-corrected chi connectivity index (χ2v) is 11.1. The fourth-order valence-corrected chi connectivity index (χ4v) is 8.17. The first kappa shape index (κ1) is 20.8. The molecule has 1 unspecified atom stereocenters. The van der Waals surface area contributed by atoms with Gasteiger partial charge in [0.2, 0.25) is 6.41 Å². The van der Waals surface area contributed by atoms with Crippen molar-refractivity contribution in [2.75, 3.05) is 12.4 Å². The number of ether oxygens (including phenoxy) is 1. The molecule has 5 rings (SSSR count). The number of hydrogen-bond acceptors (Lipinski definition) is 3. The van der Waals surface area contributed by atoms with Gasteiger partial charge in [-0.15, -0.1) is 0 Å². The summed E-state index contributed by atoms with van der Waals surface area (Å²) in [5.74, 6) is 3.15. The van der Waals surface area contributed by atoms with Gasteiger partial charge in [-0.25, -0.2) is 0 Å². The maximum Gasteiger partial charge on any atom is 0.263 e. The molecule has 5 heteroatoms. The predicted molar refractivity (Wildman–Crippen MR) is 121 cm³/mol. The van der Waals surface area contributed by atoms with E-state index in [1.54, 1.807) is 0 Å². The van der Waals surface area contributed by atoms with Gasteiger partial charge in [-0.1, -0.05) is 20.3 Å². The van der Waals surface area contributed by atoms with E-state index in [1.807, 2.05) is 36.2 Å². The Balaban J connectivity index is 1.39. The molecule has 0 aromatic heterocycles.